The van der Waals surface area contributed by atoms with Gasteiger partial charge in [-0.1, -0.05) is 6.08 Å². The molecule has 0 radical (unpaired) electrons. The lowest BCUT2D eigenvalue weighted by atomic mass is 10.1. The molecule has 1 aromatic carbocycles. The Balaban J connectivity index is 1.99. The Morgan fingerprint density at radius 1 is 1.33 bits per heavy atom. The number of methoxy groups -OCH3 is 1. The first-order valence-electron chi connectivity index (χ1n) is 7.29. The van der Waals surface area contributed by atoms with Gasteiger partial charge in [0.25, 0.3) is 5.56 Å². The van der Waals surface area contributed by atoms with Gasteiger partial charge < -0.3 is 14.2 Å². The van der Waals surface area contributed by atoms with Crippen LogP contribution in [0, 0.1) is 18.3 Å². The molecule has 7 nitrogen and oxygen atoms in total. The number of aromatic amines is 1. The van der Waals surface area contributed by atoms with E-state index in [4.69, 9.17) is 19.5 Å². The van der Waals surface area contributed by atoms with Crippen molar-refractivity contribution in [3.63, 3.8) is 0 Å². The lowest BCUT2D eigenvalue weighted by molar-refractivity contribution is 0.165. The zero-order valence-electron chi connectivity index (χ0n) is 13.3. The van der Waals surface area contributed by atoms with E-state index >= 15 is 0 Å². The molecule has 3 rings (SSSR count). The molecule has 0 spiro atoms. The van der Waals surface area contributed by atoms with Crippen molar-refractivity contribution in [1.82, 2.24) is 10.2 Å². The van der Waals surface area contributed by atoms with Crippen molar-refractivity contribution >= 4 is 12.2 Å². The molecule has 0 aliphatic carbocycles. The van der Waals surface area contributed by atoms with E-state index in [1.165, 1.54) is 0 Å². The van der Waals surface area contributed by atoms with E-state index in [0.29, 0.717) is 41.7 Å². The first kappa shape index (κ1) is 15.6. The summed E-state index contributed by atoms with van der Waals surface area (Å²) < 4.78 is 16.5. The van der Waals surface area contributed by atoms with Crippen molar-refractivity contribution in [2.45, 2.75) is 6.92 Å². The number of nitrogens with zero attached hydrogens (tertiary/aromatic N) is 2. The van der Waals surface area contributed by atoms with Gasteiger partial charge in [0.05, 0.1) is 12.8 Å². The molecule has 24 heavy (non-hydrogen) atoms. The summed E-state index contributed by atoms with van der Waals surface area (Å²) in [4.78, 5) is 11.5. The minimum Gasteiger partial charge on any atom is -0.493 e. The SMILES string of the molecule is COc1cc(/C=C/c2n[nH]c(=O)c(C#N)c2C)cc2c1OCCO2. The van der Waals surface area contributed by atoms with Crippen molar-refractivity contribution in [3.05, 3.63) is 44.9 Å². The Kier molecular flexibility index (Phi) is 4.20. The van der Waals surface area contributed by atoms with Gasteiger partial charge >= 0.3 is 0 Å². The molecular weight excluding hydrogens is 310 g/mol. The molecular formula is C17H15N3O4. The van der Waals surface area contributed by atoms with Gasteiger partial charge in [-0.05, 0) is 36.3 Å². The van der Waals surface area contributed by atoms with Gasteiger partial charge in [0.15, 0.2) is 11.5 Å². The predicted molar refractivity (Wildman–Crippen MR) is 87.2 cm³/mol. The van der Waals surface area contributed by atoms with Crippen LogP contribution in [0.2, 0.25) is 0 Å². The van der Waals surface area contributed by atoms with Crippen LogP contribution in [0.3, 0.4) is 0 Å². The molecule has 7 heteroatoms. The van der Waals surface area contributed by atoms with Gasteiger partial charge in [0, 0.05) is 0 Å². The summed E-state index contributed by atoms with van der Waals surface area (Å²) in [6.45, 7) is 2.65. The normalized spacial score (nSPS) is 12.9. The molecule has 122 valence electrons. The van der Waals surface area contributed by atoms with Gasteiger partial charge in [-0.15, -0.1) is 0 Å². The molecule has 0 amide bonds. The van der Waals surface area contributed by atoms with E-state index < -0.39 is 5.56 Å². The highest BCUT2D eigenvalue weighted by Gasteiger charge is 2.17. The fourth-order valence-corrected chi connectivity index (χ4v) is 2.41. The maximum Gasteiger partial charge on any atom is 0.282 e. The highest BCUT2D eigenvalue weighted by atomic mass is 16.6. The Morgan fingerprint density at radius 3 is 2.88 bits per heavy atom. The minimum atomic E-state index is -0.492. The number of fused-ring (bicyclic) bond motifs is 1. The van der Waals surface area contributed by atoms with E-state index in [-0.39, 0.29) is 5.56 Å². The van der Waals surface area contributed by atoms with E-state index in [0.717, 1.165) is 5.56 Å². The smallest absolute Gasteiger partial charge is 0.282 e. The lowest BCUT2D eigenvalue weighted by Crippen LogP contribution is -2.16. The average molecular weight is 325 g/mol. The highest BCUT2D eigenvalue weighted by Crippen LogP contribution is 2.40. The van der Waals surface area contributed by atoms with Crippen LogP contribution >= 0.6 is 0 Å². The topological polar surface area (TPSA) is 97.2 Å². The molecule has 1 N–H and O–H groups in total. The van der Waals surface area contributed by atoms with E-state index in [1.54, 1.807) is 26.2 Å². The van der Waals surface area contributed by atoms with E-state index in [9.17, 15) is 4.79 Å². The number of ether oxygens (including phenoxy) is 3. The molecule has 1 aromatic heterocycles. The van der Waals surface area contributed by atoms with Crippen LogP contribution in [0.25, 0.3) is 12.2 Å². The predicted octanol–water partition coefficient (Wildman–Crippen LogP) is 1.90. The minimum absolute atomic E-state index is 0.0596. The van der Waals surface area contributed by atoms with Crippen molar-refractivity contribution in [2.75, 3.05) is 20.3 Å². The summed E-state index contributed by atoms with van der Waals surface area (Å²) in [6, 6.07) is 5.54. The quantitative estimate of drug-likeness (QED) is 0.925. The van der Waals surface area contributed by atoms with Gasteiger partial charge in [0.2, 0.25) is 5.75 Å². The van der Waals surface area contributed by atoms with Crippen LogP contribution in [-0.4, -0.2) is 30.5 Å². The number of rotatable bonds is 3. The van der Waals surface area contributed by atoms with E-state index in [2.05, 4.69) is 10.2 Å². The van der Waals surface area contributed by atoms with Crippen molar-refractivity contribution in [1.29, 1.82) is 5.26 Å². The average Bonchev–Trinajstić information content (AvgIpc) is 2.60. The first-order valence-corrected chi connectivity index (χ1v) is 7.29. The Labute approximate surface area is 138 Å². The molecule has 0 unspecified atom stereocenters. The van der Waals surface area contributed by atoms with Crippen LogP contribution in [0.15, 0.2) is 16.9 Å². The Hall–Kier alpha value is -3.27. The fourth-order valence-electron chi connectivity index (χ4n) is 2.41. The fraction of sp³-hybridized carbons (Fsp3) is 0.235. The Bertz CT molecular complexity index is 892. The summed E-state index contributed by atoms with van der Waals surface area (Å²) in [5.74, 6) is 1.78. The molecule has 1 aliphatic rings. The standard InChI is InChI=1S/C17H15N3O4/c1-10-12(9-18)17(21)20-19-13(10)4-3-11-7-14(22-2)16-15(8-11)23-5-6-24-16/h3-4,7-8H,5-6H2,1-2H3,(H,20,21)/b4-3+. The van der Waals surface area contributed by atoms with Crippen LogP contribution in [0.5, 0.6) is 17.2 Å². The number of hydrogen-bond donors (Lipinski definition) is 1. The second-order valence-electron chi connectivity index (χ2n) is 5.13. The van der Waals surface area contributed by atoms with Crippen LogP contribution in [0.1, 0.15) is 22.4 Å². The molecule has 0 fully saturated rings. The number of hydrogen-bond acceptors (Lipinski definition) is 6. The highest BCUT2D eigenvalue weighted by molar-refractivity contribution is 5.73. The van der Waals surface area contributed by atoms with Crippen molar-refractivity contribution < 1.29 is 14.2 Å². The van der Waals surface area contributed by atoms with Crippen LogP contribution in [0.4, 0.5) is 0 Å². The monoisotopic (exact) mass is 325 g/mol. The summed E-state index contributed by atoms with van der Waals surface area (Å²) in [5.41, 5.74) is 1.43. The van der Waals surface area contributed by atoms with Gasteiger partial charge in [0.1, 0.15) is 24.8 Å². The third kappa shape index (κ3) is 2.82. The van der Waals surface area contributed by atoms with E-state index in [1.807, 2.05) is 18.2 Å². The zero-order valence-corrected chi connectivity index (χ0v) is 13.3. The molecule has 2 aromatic rings. The molecule has 0 atom stereocenters. The molecule has 0 saturated heterocycles. The van der Waals surface area contributed by atoms with Crippen LogP contribution in [-0.2, 0) is 0 Å². The van der Waals surface area contributed by atoms with Gasteiger partial charge in [-0.25, -0.2) is 5.10 Å². The largest absolute Gasteiger partial charge is 0.493 e. The number of aromatic nitrogens is 2. The summed E-state index contributed by atoms with van der Waals surface area (Å²) in [6.07, 6.45) is 3.52. The number of nitriles is 1. The van der Waals surface area contributed by atoms with Crippen molar-refractivity contribution in [3.8, 4) is 23.3 Å². The zero-order chi connectivity index (χ0) is 17.1. The summed E-state index contributed by atoms with van der Waals surface area (Å²) in [5, 5.41) is 15.3. The van der Waals surface area contributed by atoms with Crippen LogP contribution < -0.4 is 19.8 Å². The second kappa shape index (κ2) is 6.46. The first-order chi connectivity index (χ1) is 11.6. The maximum atomic E-state index is 11.5. The molecule has 1 aliphatic heterocycles. The Morgan fingerprint density at radius 2 is 2.12 bits per heavy atom. The summed E-state index contributed by atoms with van der Waals surface area (Å²) >= 11 is 0. The lowest BCUT2D eigenvalue weighted by Gasteiger charge is -2.20. The number of benzene rings is 1. The molecule has 0 bridgehead atoms. The number of nitrogens with one attached hydrogen (secondary N) is 1. The molecule has 0 saturated carbocycles. The third-order valence-electron chi connectivity index (χ3n) is 3.66. The van der Waals surface area contributed by atoms with Gasteiger partial charge in [-0.2, -0.15) is 10.4 Å². The second-order valence-corrected chi connectivity index (χ2v) is 5.13. The van der Waals surface area contributed by atoms with Crippen molar-refractivity contribution in [2.24, 2.45) is 0 Å². The summed E-state index contributed by atoms with van der Waals surface area (Å²) in [7, 11) is 1.56. The molecule has 2 heterocycles. The maximum absolute atomic E-state index is 11.5. The number of H-pyrrole nitrogens is 1. The third-order valence-corrected chi connectivity index (χ3v) is 3.66. The van der Waals surface area contributed by atoms with Gasteiger partial charge in [-0.3, -0.25) is 4.79 Å².